The topological polar surface area (TPSA) is 118 Å². The van der Waals surface area contributed by atoms with E-state index < -0.39 is 5.60 Å². The lowest BCUT2D eigenvalue weighted by Crippen LogP contribution is -2.44. The van der Waals surface area contributed by atoms with Gasteiger partial charge < -0.3 is 30.6 Å². The molecule has 166 valence electrons. The van der Waals surface area contributed by atoms with Gasteiger partial charge in [0.1, 0.15) is 17.0 Å². The lowest BCUT2D eigenvalue weighted by Gasteiger charge is -2.38. The molecule has 0 aliphatic carbocycles. The molecule has 0 aromatic carbocycles. The summed E-state index contributed by atoms with van der Waals surface area (Å²) < 4.78 is 11.1. The molecule has 2 saturated heterocycles. The van der Waals surface area contributed by atoms with Crippen LogP contribution < -0.4 is 10.6 Å². The van der Waals surface area contributed by atoms with Crippen LogP contribution in [0.3, 0.4) is 0 Å². The van der Waals surface area contributed by atoms with Crippen molar-refractivity contribution in [3.05, 3.63) is 35.7 Å². The molecule has 4 rings (SSSR count). The highest BCUT2D eigenvalue weighted by molar-refractivity contribution is 5.94. The summed E-state index contributed by atoms with van der Waals surface area (Å²) in [5.74, 6) is 0.857. The zero-order chi connectivity index (χ0) is 22.0. The second-order valence-electron chi connectivity index (χ2n) is 8.52. The molecule has 2 atom stereocenters. The minimum Gasteiger partial charge on any atom is -0.397 e. The van der Waals surface area contributed by atoms with E-state index in [2.05, 4.69) is 16.8 Å². The van der Waals surface area contributed by atoms with Crippen molar-refractivity contribution in [3.8, 4) is 0 Å². The molecule has 4 N–H and O–H groups in total. The summed E-state index contributed by atoms with van der Waals surface area (Å²) in [5.41, 5.74) is 7.52. The van der Waals surface area contributed by atoms with E-state index in [0.29, 0.717) is 43.3 Å². The van der Waals surface area contributed by atoms with Gasteiger partial charge in [0.15, 0.2) is 0 Å². The molecule has 1 unspecified atom stereocenters. The van der Waals surface area contributed by atoms with Crippen LogP contribution in [0.15, 0.2) is 24.4 Å². The third-order valence-corrected chi connectivity index (χ3v) is 6.47. The molecule has 8 heteroatoms. The van der Waals surface area contributed by atoms with Gasteiger partial charge in [-0.1, -0.05) is 0 Å². The maximum absolute atomic E-state index is 11.8. The number of aromatic nitrogens is 2. The Morgan fingerprint density at radius 1 is 1.32 bits per heavy atom. The number of morpholine rings is 1. The number of rotatable bonds is 5. The SMILES string of the molecule is C[C@@H]1COCCN1c1cc(C(C)(O)C2CCOCC2)c2ccnc(/C(N)=C/C=N)c2n1. The molecule has 31 heavy (non-hydrogen) atoms. The molecule has 0 amide bonds. The van der Waals surface area contributed by atoms with Gasteiger partial charge in [-0.25, -0.2) is 4.98 Å². The van der Waals surface area contributed by atoms with Gasteiger partial charge in [0.05, 0.1) is 30.6 Å². The van der Waals surface area contributed by atoms with Crippen LogP contribution in [0.5, 0.6) is 0 Å². The van der Waals surface area contributed by atoms with E-state index in [0.717, 1.165) is 42.4 Å². The summed E-state index contributed by atoms with van der Waals surface area (Å²) in [4.78, 5) is 11.6. The van der Waals surface area contributed by atoms with Gasteiger partial charge in [0.2, 0.25) is 0 Å². The average molecular weight is 426 g/mol. The van der Waals surface area contributed by atoms with Crippen molar-refractivity contribution in [2.45, 2.75) is 38.3 Å². The van der Waals surface area contributed by atoms with E-state index in [1.165, 1.54) is 6.08 Å². The summed E-state index contributed by atoms with van der Waals surface area (Å²) in [6.45, 7) is 7.28. The lowest BCUT2D eigenvalue weighted by molar-refractivity contribution is -0.0570. The smallest absolute Gasteiger partial charge is 0.130 e. The highest BCUT2D eigenvalue weighted by Gasteiger charge is 2.37. The van der Waals surface area contributed by atoms with Crippen LogP contribution in [0.2, 0.25) is 0 Å². The number of allylic oxidation sites excluding steroid dienone is 1. The number of hydrogen-bond acceptors (Lipinski definition) is 8. The number of nitrogens with two attached hydrogens (primary N) is 1. The Kier molecular flexibility index (Phi) is 6.22. The number of aliphatic hydroxyl groups is 1. The Bertz CT molecular complexity index is 985. The zero-order valence-electron chi connectivity index (χ0n) is 18.2. The third kappa shape index (κ3) is 4.15. The van der Waals surface area contributed by atoms with Crippen LogP contribution in [0, 0.1) is 11.3 Å². The van der Waals surface area contributed by atoms with Crippen LogP contribution in [0.4, 0.5) is 5.82 Å². The number of fused-ring (bicyclic) bond motifs is 1. The monoisotopic (exact) mass is 425 g/mol. The molecule has 0 spiro atoms. The quantitative estimate of drug-likeness (QED) is 0.630. The first-order valence-corrected chi connectivity index (χ1v) is 10.8. The van der Waals surface area contributed by atoms with Gasteiger partial charge in [-0.3, -0.25) is 4.98 Å². The summed E-state index contributed by atoms with van der Waals surface area (Å²) in [5, 5.41) is 20.0. The Morgan fingerprint density at radius 3 is 2.81 bits per heavy atom. The maximum Gasteiger partial charge on any atom is 0.130 e. The Morgan fingerprint density at radius 2 is 2.10 bits per heavy atom. The van der Waals surface area contributed by atoms with Crippen LogP contribution >= 0.6 is 0 Å². The van der Waals surface area contributed by atoms with E-state index in [-0.39, 0.29) is 12.0 Å². The van der Waals surface area contributed by atoms with Crippen LogP contribution in [0.25, 0.3) is 16.6 Å². The van der Waals surface area contributed by atoms with E-state index in [1.807, 2.05) is 19.1 Å². The molecule has 2 aliphatic heterocycles. The summed E-state index contributed by atoms with van der Waals surface area (Å²) in [7, 11) is 0. The molecule has 0 saturated carbocycles. The number of pyridine rings is 2. The van der Waals surface area contributed by atoms with Crippen molar-refractivity contribution in [1.82, 2.24) is 9.97 Å². The van der Waals surface area contributed by atoms with Crippen molar-refractivity contribution in [2.24, 2.45) is 11.7 Å². The molecule has 0 bridgehead atoms. The molecule has 2 fully saturated rings. The second kappa shape index (κ2) is 8.90. The minimum atomic E-state index is -1.06. The van der Waals surface area contributed by atoms with Crippen molar-refractivity contribution in [3.63, 3.8) is 0 Å². The largest absolute Gasteiger partial charge is 0.397 e. The van der Waals surface area contributed by atoms with E-state index in [4.69, 9.17) is 25.6 Å². The van der Waals surface area contributed by atoms with Crippen molar-refractivity contribution >= 4 is 28.6 Å². The van der Waals surface area contributed by atoms with Gasteiger partial charge in [-0.15, -0.1) is 0 Å². The van der Waals surface area contributed by atoms with E-state index in [9.17, 15) is 5.11 Å². The maximum atomic E-state index is 11.8. The number of anilines is 1. The highest BCUT2D eigenvalue weighted by Crippen LogP contribution is 2.41. The van der Waals surface area contributed by atoms with Gasteiger partial charge in [0.25, 0.3) is 0 Å². The first-order valence-electron chi connectivity index (χ1n) is 10.8. The molecule has 8 nitrogen and oxygen atoms in total. The van der Waals surface area contributed by atoms with Gasteiger partial charge >= 0.3 is 0 Å². The molecule has 2 aromatic rings. The first kappa shape index (κ1) is 21.7. The average Bonchev–Trinajstić information content (AvgIpc) is 2.79. The van der Waals surface area contributed by atoms with Gasteiger partial charge in [-0.05, 0) is 56.4 Å². The zero-order valence-corrected chi connectivity index (χ0v) is 18.2. The van der Waals surface area contributed by atoms with Crippen LogP contribution in [0.1, 0.15) is 37.9 Å². The van der Waals surface area contributed by atoms with Gasteiger partial charge in [-0.2, -0.15) is 0 Å². The first-order chi connectivity index (χ1) is 14.9. The fraction of sp³-hybridized carbons (Fsp3) is 0.522. The number of nitrogens with one attached hydrogen (secondary N) is 1. The van der Waals surface area contributed by atoms with Crippen LogP contribution in [-0.2, 0) is 15.1 Å². The van der Waals surface area contributed by atoms with Crippen molar-refractivity contribution in [1.29, 1.82) is 5.41 Å². The molecule has 2 aromatic heterocycles. The summed E-state index contributed by atoms with van der Waals surface area (Å²) in [6.07, 6.45) is 5.93. The lowest BCUT2D eigenvalue weighted by atomic mass is 9.77. The Balaban J connectivity index is 1.93. The van der Waals surface area contributed by atoms with E-state index in [1.54, 1.807) is 6.20 Å². The summed E-state index contributed by atoms with van der Waals surface area (Å²) >= 11 is 0. The van der Waals surface area contributed by atoms with Crippen molar-refractivity contribution < 1.29 is 14.6 Å². The minimum absolute atomic E-state index is 0.0768. The predicted molar refractivity (Wildman–Crippen MR) is 121 cm³/mol. The number of hydrogen-bond donors (Lipinski definition) is 3. The molecule has 0 radical (unpaired) electrons. The number of nitrogens with zero attached hydrogens (tertiary/aromatic N) is 3. The summed E-state index contributed by atoms with van der Waals surface area (Å²) in [6, 6.07) is 4.06. The second-order valence-corrected chi connectivity index (χ2v) is 8.52. The molecule has 2 aliphatic rings. The standard InChI is InChI=1S/C23H31N5O3/c1-15-14-31-12-9-28(15)20-13-18(23(2,29)16-5-10-30-11-6-16)17-4-8-26-22(21(17)27-20)19(25)3-7-24/h3-4,7-8,13,15-16,24,29H,5-6,9-12,14,25H2,1-2H3/b19-3-,24-7?/t15-,23?/m1/s1. The molecule has 4 heterocycles. The molecular weight excluding hydrogens is 394 g/mol. The fourth-order valence-corrected chi connectivity index (χ4v) is 4.63. The Labute approximate surface area is 182 Å². The van der Waals surface area contributed by atoms with Crippen molar-refractivity contribution in [2.75, 3.05) is 37.9 Å². The Hall–Kier alpha value is -2.55. The number of ether oxygens (including phenoxy) is 2. The molecular formula is C23H31N5O3. The van der Waals surface area contributed by atoms with Crippen LogP contribution in [-0.4, -0.2) is 60.3 Å². The predicted octanol–water partition coefficient (Wildman–Crippen LogP) is 2.44. The van der Waals surface area contributed by atoms with E-state index >= 15 is 0 Å². The fourth-order valence-electron chi connectivity index (χ4n) is 4.63. The van der Waals surface area contributed by atoms with Gasteiger partial charge in [0, 0.05) is 37.6 Å². The normalized spacial score (nSPS) is 23.0. The highest BCUT2D eigenvalue weighted by atomic mass is 16.5. The third-order valence-electron chi connectivity index (χ3n) is 6.47.